The van der Waals surface area contributed by atoms with Crippen molar-refractivity contribution in [3.05, 3.63) is 35.6 Å². The highest BCUT2D eigenvalue weighted by molar-refractivity contribution is 5.78. The highest BCUT2D eigenvalue weighted by Gasteiger charge is 2.40. The fraction of sp³-hybridized carbons (Fsp3) is 0.385. The summed E-state index contributed by atoms with van der Waals surface area (Å²) in [6, 6.07) is 5.70. The normalized spacial score (nSPS) is 23.1. The van der Waals surface area contributed by atoms with E-state index in [0.717, 1.165) is 0 Å². The average molecular weight is 251 g/mol. The zero-order valence-electron chi connectivity index (χ0n) is 10.0. The Bertz CT molecular complexity index is 468. The van der Waals surface area contributed by atoms with Crippen molar-refractivity contribution in [1.29, 1.82) is 0 Å². The maximum Gasteiger partial charge on any atom is 0.408 e. The second kappa shape index (κ2) is 4.76. The van der Waals surface area contributed by atoms with Gasteiger partial charge in [-0.15, -0.1) is 0 Å². The molecule has 4 nitrogen and oxygen atoms in total. The summed E-state index contributed by atoms with van der Waals surface area (Å²) in [5.74, 6) is -0.439. The molecule has 1 aromatic rings. The number of amides is 1. The van der Waals surface area contributed by atoms with E-state index in [1.807, 2.05) is 0 Å². The minimum Gasteiger partial charge on any atom is -0.438 e. The molecule has 0 aliphatic carbocycles. The van der Waals surface area contributed by atoms with Crippen LogP contribution in [0, 0.1) is 5.82 Å². The second-order valence-electron chi connectivity index (χ2n) is 4.45. The lowest BCUT2D eigenvalue weighted by Crippen LogP contribution is -2.46. The first kappa shape index (κ1) is 12.5. The van der Waals surface area contributed by atoms with Crippen LogP contribution >= 0.6 is 0 Å². The molecule has 2 rings (SSSR count). The summed E-state index contributed by atoms with van der Waals surface area (Å²) in [7, 11) is 0. The molecule has 0 bridgehead atoms. The number of cyclic esters (lactones) is 1. The van der Waals surface area contributed by atoms with E-state index in [-0.39, 0.29) is 18.0 Å². The Kier molecular flexibility index (Phi) is 3.32. The maximum absolute atomic E-state index is 12.9. The molecular formula is C13H14FNO3. The van der Waals surface area contributed by atoms with Crippen LogP contribution in [0.5, 0.6) is 0 Å². The molecule has 5 heteroatoms. The monoisotopic (exact) mass is 251 g/mol. The lowest BCUT2D eigenvalue weighted by molar-refractivity contribution is -0.123. The van der Waals surface area contributed by atoms with Crippen LogP contribution in [0.3, 0.4) is 0 Å². The fourth-order valence-electron chi connectivity index (χ4n) is 2.22. The molecule has 1 amide bonds. The van der Waals surface area contributed by atoms with Gasteiger partial charge in [0, 0.05) is 13.0 Å². The van der Waals surface area contributed by atoms with Gasteiger partial charge in [0.1, 0.15) is 17.2 Å². The first-order chi connectivity index (χ1) is 8.52. The molecule has 1 aliphatic rings. The molecule has 1 unspecified atom stereocenters. The summed E-state index contributed by atoms with van der Waals surface area (Å²) in [5, 5.41) is 2.54. The van der Waals surface area contributed by atoms with Crippen LogP contribution in [0.15, 0.2) is 24.3 Å². The van der Waals surface area contributed by atoms with Crippen molar-refractivity contribution in [3.8, 4) is 0 Å². The van der Waals surface area contributed by atoms with Crippen LogP contribution in [-0.4, -0.2) is 18.4 Å². The number of hydrogen-bond acceptors (Lipinski definition) is 3. The predicted molar refractivity (Wildman–Crippen MR) is 62.5 cm³/mol. The molecule has 1 heterocycles. The number of nitrogens with one attached hydrogen (secondary N) is 1. The van der Waals surface area contributed by atoms with E-state index in [1.165, 1.54) is 19.1 Å². The van der Waals surface area contributed by atoms with Gasteiger partial charge < -0.3 is 10.1 Å². The SMILES string of the molecule is CC(=O)CC1(c2ccc(F)cc2)CCNC(=O)O1. The van der Waals surface area contributed by atoms with Crippen LogP contribution in [0.25, 0.3) is 0 Å². The summed E-state index contributed by atoms with van der Waals surface area (Å²) in [5.41, 5.74) is -0.323. The Labute approximate surface area is 104 Å². The van der Waals surface area contributed by atoms with Gasteiger partial charge in [-0.1, -0.05) is 12.1 Å². The van der Waals surface area contributed by atoms with Crippen molar-refractivity contribution in [2.75, 3.05) is 6.54 Å². The molecule has 96 valence electrons. The van der Waals surface area contributed by atoms with Gasteiger partial charge in [-0.25, -0.2) is 9.18 Å². The molecule has 1 fully saturated rings. The topological polar surface area (TPSA) is 55.4 Å². The van der Waals surface area contributed by atoms with Crippen LogP contribution in [-0.2, 0) is 15.1 Å². The van der Waals surface area contributed by atoms with Gasteiger partial charge in [0.25, 0.3) is 0 Å². The Hall–Kier alpha value is -1.91. The lowest BCUT2D eigenvalue weighted by atomic mass is 9.85. The van der Waals surface area contributed by atoms with Gasteiger partial charge in [0.05, 0.1) is 6.42 Å². The van der Waals surface area contributed by atoms with Crippen molar-refractivity contribution in [3.63, 3.8) is 0 Å². The number of Topliss-reactive ketones (excluding diaryl/α,β-unsaturated/α-hetero) is 1. The van der Waals surface area contributed by atoms with Crippen LogP contribution < -0.4 is 5.32 Å². The summed E-state index contributed by atoms with van der Waals surface area (Å²) >= 11 is 0. The third-order valence-electron chi connectivity index (χ3n) is 2.99. The van der Waals surface area contributed by atoms with Gasteiger partial charge >= 0.3 is 6.09 Å². The number of ether oxygens (including phenoxy) is 1. The van der Waals surface area contributed by atoms with Gasteiger partial charge in [0.2, 0.25) is 0 Å². The molecule has 1 aliphatic heterocycles. The quantitative estimate of drug-likeness (QED) is 0.895. The van der Waals surface area contributed by atoms with Gasteiger partial charge in [-0.3, -0.25) is 4.79 Å². The molecule has 18 heavy (non-hydrogen) atoms. The fourth-order valence-corrected chi connectivity index (χ4v) is 2.22. The molecule has 0 aromatic heterocycles. The van der Waals surface area contributed by atoms with Gasteiger partial charge in [-0.05, 0) is 24.6 Å². The zero-order chi connectivity index (χ0) is 13.2. The standard InChI is InChI=1S/C13H14FNO3/c1-9(16)8-13(6-7-15-12(17)18-13)10-2-4-11(14)5-3-10/h2-5H,6-8H2,1H3,(H,15,17). The van der Waals surface area contributed by atoms with E-state index in [0.29, 0.717) is 18.5 Å². The van der Waals surface area contributed by atoms with Crippen LogP contribution in [0.1, 0.15) is 25.3 Å². The number of rotatable bonds is 3. The number of ketones is 1. The van der Waals surface area contributed by atoms with E-state index < -0.39 is 11.7 Å². The van der Waals surface area contributed by atoms with Crippen molar-refractivity contribution in [2.24, 2.45) is 0 Å². The van der Waals surface area contributed by atoms with E-state index in [9.17, 15) is 14.0 Å². The third-order valence-corrected chi connectivity index (χ3v) is 2.99. The van der Waals surface area contributed by atoms with Crippen LogP contribution in [0.4, 0.5) is 9.18 Å². The predicted octanol–water partition coefficient (Wildman–Crippen LogP) is 2.13. The molecule has 0 saturated carbocycles. The third kappa shape index (κ3) is 2.50. The molecular weight excluding hydrogens is 237 g/mol. The number of alkyl carbamates (subject to hydrolysis) is 1. The number of carbonyl (C=O) groups is 2. The Morgan fingerprint density at radius 3 is 2.67 bits per heavy atom. The summed E-state index contributed by atoms with van der Waals surface area (Å²) in [6.45, 7) is 1.88. The van der Waals surface area contributed by atoms with E-state index >= 15 is 0 Å². The minimum absolute atomic E-state index is 0.0750. The Morgan fingerprint density at radius 2 is 2.11 bits per heavy atom. The molecule has 1 atom stereocenters. The molecule has 0 radical (unpaired) electrons. The molecule has 1 N–H and O–H groups in total. The van der Waals surface area contributed by atoms with E-state index in [1.54, 1.807) is 12.1 Å². The highest BCUT2D eigenvalue weighted by atomic mass is 19.1. The first-order valence-electron chi connectivity index (χ1n) is 5.74. The number of hydrogen-bond donors (Lipinski definition) is 1. The first-order valence-corrected chi connectivity index (χ1v) is 5.74. The van der Waals surface area contributed by atoms with Gasteiger partial charge in [-0.2, -0.15) is 0 Å². The Balaban J connectivity index is 2.37. The van der Waals surface area contributed by atoms with Gasteiger partial charge in [0.15, 0.2) is 0 Å². The van der Waals surface area contributed by atoms with Crippen molar-refractivity contribution in [2.45, 2.75) is 25.4 Å². The minimum atomic E-state index is -0.970. The largest absolute Gasteiger partial charge is 0.438 e. The summed E-state index contributed by atoms with van der Waals surface area (Å²) in [4.78, 5) is 22.8. The molecule has 1 saturated heterocycles. The smallest absolute Gasteiger partial charge is 0.408 e. The second-order valence-corrected chi connectivity index (χ2v) is 4.45. The number of halogens is 1. The number of carbonyl (C=O) groups excluding carboxylic acids is 2. The Morgan fingerprint density at radius 1 is 1.44 bits per heavy atom. The lowest BCUT2D eigenvalue weighted by Gasteiger charge is -2.36. The van der Waals surface area contributed by atoms with E-state index in [2.05, 4.69) is 5.32 Å². The zero-order valence-corrected chi connectivity index (χ0v) is 10.0. The maximum atomic E-state index is 12.9. The molecule has 0 spiro atoms. The highest BCUT2D eigenvalue weighted by Crippen LogP contribution is 2.35. The van der Waals surface area contributed by atoms with Crippen molar-refractivity contribution < 1.29 is 18.7 Å². The van der Waals surface area contributed by atoms with Crippen LogP contribution in [0.2, 0.25) is 0 Å². The average Bonchev–Trinajstić information content (AvgIpc) is 2.28. The molecule has 1 aromatic carbocycles. The number of benzene rings is 1. The summed E-state index contributed by atoms with van der Waals surface area (Å²) in [6.07, 6.45) is 0.0440. The van der Waals surface area contributed by atoms with Crippen molar-refractivity contribution in [1.82, 2.24) is 5.32 Å². The van der Waals surface area contributed by atoms with Crippen molar-refractivity contribution >= 4 is 11.9 Å². The van der Waals surface area contributed by atoms with E-state index in [4.69, 9.17) is 4.74 Å². The summed E-state index contributed by atoms with van der Waals surface area (Å²) < 4.78 is 18.2.